The summed E-state index contributed by atoms with van der Waals surface area (Å²) in [6, 6.07) is 2.93. The van der Waals surface area contributed by atoms with Crippen molar-refractivity contribution in [3.63, 3.8) is 0 Å². The highest BCUT2D eigenvalue weighted by molar-refractivity contribution is 7.15. The Morgan fingerprint density at radius 2 is 2.00 bits per heavy atom. The first-order chi connectivity index (χ1) is 9.63. The minimum absolute atomic E-state index is 0.294. The molecule has 2 aromatic rings. The third-order valence-electron chi connectivity index (χ3n) is 3.06. The first-order valence-corrected chi connectivity index (χ1v) is 7.29. The van der Waals surface area contributed by atoms with Crippen LogP contribution in [0, 0.1) is 5.21 Å². The highest BCUT2D eigenvalue weighted by Gasteiger charge is 2.15. The molecule has 7 heteroatoms. The number of aromatic nitrogens is 3. The molecule has 106 valence electrons. The standard InChI is InChI=1S/C13H16N4O2S/c1-3-9(4-2)12-15-16-13(20-12)14-11(18)10-5-7-17(19)8-6-10/h5-9H,3-4H2,1-2H3,(H,14,16,18). The van der Waals surface area contributed by atoms with Crippen LogP contribution in [-0.4, -0.2) is 16.1 Å². The highest BCUT2D eigenvalue weighted by Crippen LogP contribution is 2.28. The maximum atomic E-state index is 12.0. The molecule has 0 aliphatic rings. The zero-order valence-corrected chi connectivity index (χ0v) is 12.2. The van der Waals surface area contributed by atoms with E-state index in [1.165, 1.54) is 35.9 Å². The number of rotatable bonds is 5. The number of hydrogen-bond donors (Lipinski definition) is 1. The first-order valence-electron chi connectivity index (χ1n) is 6.47. The Labute approximate surface area is 121 Å². The van der Waals surface area contributed by atoms with Crippen LogP contribution in [0.5, 0.6) is 0 Å². The number of nitrogens with zero attached hydrogens (tertiary/aromatic N) is 3. The van der Waals surface area contributed by atoms with Crippen LogP contribution in [0.1, 0.15) is 48.0 Å². The molecule has 2 rings (SSSR count). The molecule has 0 aromatic carbocycles. The molecular formula is C13H16N4O2S. The Kier molecular flexibility index (Phi) is 4.62. The summed E-state index contributed by atoms with van der Waals surface area (Å²) in [7, 11) is 0. The Morgan fingerprint density at radius 3 is 2.60 bits per heavy atom. The minimum Gasteiger partial charge on any atom is -0.619 e. The molecule has 0 aliphatic carbocycles. The van der Waals surface area contributed by atoms with Crippen molar-refractivity contribution < 1.29 is 9.52 Å². The van der Waals surface area contributed by atoms with Gasteiger partial charge in [-0.3, -0.25) is 10.1 Å². The molecule has 1 N–H and O–H groups in total. The minimum atomic E-state index is -0.294. The van der Waals surface area contributed by atoms with Gasteiger partial charge in [-0.05, 0) is 12.8 Å². The Balaban J connectivity index is 2.06. The molecule has 0 aliphatic heterocycles. The molecular weight excluding hydrogens is 276 g/mol. The molecule has 2 heterocycles. The molecule has 0 saturated heterocycles. The molecule has 2 aromatic heterocycles. The van der Waals surface area contributed by atoms with Gasteiger partial charge in [-0.25, -0.2) is 0 Å². The number of carbonyl (C=O) groups excluding carboxylic acids is 1. The van der Waals surface area contributed by atoms with E-state index in [4.69, 9.17) is 0 Å². The highest BCUT2D eigenvalue weighted by atomic mass is 32.1. The quantitative estimate of drug-likeness (QED) is 0.677. The van der Waals surface area contributed by atoms with Gasteiger partial charge in [0.2, 0.25) is 5.13 Å². The number of pyridine rings is 1. The molecule has 0 bridgehead atoms. The smallest absolute Gasteiger partial charge is 0.257 e. The molecule has 0 fully saturated rings. The summed E-state index contributed by atoms with van der Waals surface area (Å²) in [5, 5.41) is 23.1. The van der Waals surface area contributed by atoms with Crippen LogP contribution in [-0.2, 0) is 0 Å². The molecule has 0 saturated carbocycles. The van der Waals surface area contributed by atoms with Gasteiger partial charge in [0, 0.05) is 18.1 Å². The lowest BCUT2D eigenvalue weighted by atomic mass is 10.1. The Morgan fingerprint density at radius 1 is 1.35 bits per heavy atom. The van der Waals surface area contributed by atoms with Crippen LogP contribution in [0.4, 0.5) is 5.13 Å². The summed E-state index contributed by atoms with van der Waals surface area (Å²) in [5.41, 5.74) is 0.413. The molecule has 0 unspecified atom stereocenters. The van der Waals surface area contributed by atoms with E-state index in [2.05, 4.69) is 29.4 Å². The van der Waals surface area contributed by atoms with E-state index in [9.17, 15) is 10.0 Å². The fourth-order valence-electron chi connectivity index (χ4n) is 1.82. The van der Waals surface area contributed by atoms with Crippen molar-refractivity contribution in [3.8, 4) is 0 Å². The molecule has 1 amide bonds. The van der Waals surface area contributed by atoms with E-state index in [0.717, 1.165) is 17.8 Å². The Hall–Kier alpha value is -2.02. The maximum absolute atomic E-state index is 12.0. The zero-order valence-electron chi connectivity index (χ0n) is 11.4. The lowest BCUT2D eigenvalue weighted by molar-refractivity contribution is -0.605. The van der Waals surface area contributed by atoms with Crippen molar-refractivity contribution in [3.05, 3.63) is 40.3 Å². The summed E-state index contributed by atoms with van der Waals surface area (Å²) in [4.78, 5) is 12.0. The van der Waals surface area contributed by atoms with Crippen molar-refractivity contribution in [1.29, 1.82) is 0 Å². The molecule has 0 radical (unpaired) electrons. The predicted molar refractivity (Wildman–Crippen MR) is 76.6 cm³/mol. The van der Waals surface area contributed by atoms with Gasteiger partial charge in [0.15, 0.2) is 12.4 Å². The van der Waals surface area contributed by atoms with Gasteiger partial charge in [0.05, 0.1) is 5.56 Å². The lowest BCUT2D eigenvalue weighted by Crippen LogP contribution is -2.25. The van der Waals surface area contributed by atoms with Gasteiger partial charge in [-0.1, -0.05) is 25.2 Å². The molecule has 6 nitrogen and oxygen atoms in total. The SMILES string of the molecule is CCC(CC)c1nnc(NC(=O)c2cc[n+]([O-])cc2)s1. The van der Waals surface area contributed by atoms with Crippen molar-refractivity contribution in [2.45, 2.75) is 32.6 Å². The third kappa shape index (κ3) is 3.30. The number of carbonyl (C=O) groups is 1. The second-order valence-electron chi connectivity index (χ2n) is 4.36. The van der Waals surface area contributed by atoms with Crippen LogP contribution in [0.25, 0.3) is 0 Å². The monoisotopic (exact) mass is 292 g/mol. The molecule has 0 atom stereocenters. The zero-order chi connectivity index (χ0) is 14.5. The fourth-order valence-corrected chi connectivity index (χ4v) is 2.83. The van der Waals surface area contributed by atoms with Crippen LogP contribution < -0.4 is 10.0 Å². The van der Waals surface area contributed by atoms with Crippen molar-refractivity contribution >= 4 is 22.4 Å². The molecule has 20 heavy (non-hydrogen) atoms. The summed E-state index contributed by atoms with van der Waals surface area (Å²) in [6.45, 7) is 4.21. The van der Waals surface area contributed by atoms with E-state index in [1.807, 2.05) is 0 Å². The summed E-state index contributed by atoms with van der Waals surface area (Å²) < 4.78 is 0.632. The summed E-state index contributed by atoms with van der Waals surface area (Å²) in [6.07, 6.45) is 4.57. The first kappa shape index (κ1) is 14.4. The maximum Gasteiger partial charge on any atom is 0.257 e. The molecule has 0 spiro atoms. The van der Waals surface area contributed by atoms with E-state index < -0.39 is 0 Å². The van der Waals surface area contributed by atoms with Crippen molar-refractivity contribution in [1.82, 2.24) is 10.2 Å². The van der Waals surface area contributed by atoms with E-state index in [1.54, 1.807) is 0 Å². The normalized spacial score (nSPS) is 10.8. The van der Waals surface area contributed by atoms with Gasteiger partial charge in [0.1, 0.15) is 5.01 Å². The number of amides is 1. The van der Waals surface area contributed by atoms with Crippen LogP contribution in [0.2, 0.25) is 0 Å². The number of nitrogens with one attached hydrogen (secondary N) is 1. The van der Waals surface area contributed by atoms with E-state index in [0.29, 0.717) is 21.3 Å². The van der Waals surface area contributed by atoms with Gasteiger partial charge in [-0.15, -0.1) is 10.2 Å². The van der Waals surface area contributed by atoms with Gasteiger partial charge in [-0.2, -0.15) is 4.73 Å². The van der Waals surface area contributed by atoms with Crippen LogP contribution in [0.15, 0.2) is 24.5 Å². The van der Waals surface area contributed by atoms with E-state index >= 15 is 0 Å². The number of anilines is 1. The Bertz CT molecular complexity index is 578. The van der Waals surface area contributed by atoms with E-state index in [-0.39, 0.29) is 5.91 Å². The van der Waals surface area contributed by atoms with Crippen molar-refractivity contribution in [2.24, 2.45) is 0 Å². The van der Waals surface area contributed by atoms with Crippen molar-refractivity contribution in [2.75, 3.05) is 5.32 Å². The van der Waals surface area contributed by atoms with Crippen LogP contribution in [0.3, 0.4) is 0 Å². The second-order valence-corrected chi connectivity index (χ2v) is 5.37. The third-order valence-corrected chi connectivity index (χ3v) is 4.06. The van der Waals surface area contributed by atoms with Gasteiger partial charge in [0.25, 0.3) is 5.91 Å². The number of hydrogen-bond acceptors (Lipinski definition) is 5. The fraction of sp³-hybridized carbons (Fsp3) is 0.385. The van der Waals surface area contributed by atoms with Gasteiger partial charge < -0.3 is 5.21 Å². The average molecular weight is 292 g/mol. The summed E-state index contributed by atoms with van der Waals surface area (Å²) >= 11 is 1.40. The van der Waals surface area contributed by atoms with Gasteiger partial charge >= 0.3 is 0 Å². The predicted octanol–water partition coefficient (Wildman–Crippen LogP) is 2.33. The second kappa shape index (κ2) is 6.42. The largest absolute Gasteiger partial charge is 0.619 e. The average Bonchev–Trinajstić information content (AvgIpc) is 2.89. The summed E-state index contributed by atoms with van der Waals surface area (Å²) in [5.74, 6) is 0.0899. The lowest BCUT2D eigenvalue weighted by Gasteiger charge is -2.05. The topological polar surface area (TPSA) is 81.8 Å². The van der Waals surface area contributed by atoms with Crippen LogP contribution >= 0.6 is 11.3 Å².